The third kappa shape index (κ3) is 3.17. The number of likely N-dealkylation sites (N-methyl/N-ethyl adjacent to an activating group) is 1. The van der Waals surface area contributed by atoms with Crippen LogP contribution in [0.1, 0.15) is 20.8 Å². The summed E-state index contributed by atoms with van der Waals surface area (Å²) in [6.07, 6.45) is 0. The lowest BCUT2D eigenvalue weighted by Gasteiger charge is -2.26. The van der Waals surface area contributed by atoms with E-state index >= 15 is 0 Å². The Labute approximate surface area is 84.9 Å². The van der Waals surface area contributed by atoms with E-state index in [9.17, 15) is 8.78 Å². The lowest BCUT2D eigenvalue weighted by molar-refractivity contribution is -0.0415. The van der Waals surface area contributed by atoms with Gasteiger partial charge in [0.15, 0.2) is 0 Å². The maximum absolute atomic E-state index is 13.4. The zero-order valence-corrected chi connectivity index (χ0v) is 9.26. The third-order valence-corrected chi connectivity index (χ3v) is 2.77. The van der Waals surface area contributed by atoms with E-state index < -0.39 is 5.92 Å². The van der Waals surface area contributed by atoms with Crippen LogP contribution in [0.3, 0.4) is 0 Å². The van der Waals surface area contributed by atoms with Crippen LogP contribution in [0.4, 0.5) is 8.78 Å². The molecule has 0 aromatic carbocycles. The average Bonchev–Trinajstić information content (AvgIpc) is 2.23. The van der Waals surface area contributed by atoms with Crippen molar-refractivity contribution in [2.75, 3.05) is 32.7 Å². The molecule has 2 nitrogen and oxygen atoms in total. The van der Waals surface area contributed by atoms with Crippen LogP contribution >= 0.6 is 0 Å². The minimum atomic E-state index is -2.56. The molecule has 14 heavy (non-hydrogen) atoms. The molecule has 0 saturated carbocycles. The Morgan fingerprint density at radius 3 is 2.36 bits per heavy atom. The van der Waals surface area contributed by atoms with Gasteiger partial charge in [-0.1, -0.05) is 6.92 Å². The van der Waals surface area contributed by atoms with Gasteiger partial charge < -0.3 is 0 Å². The lowest BCUT2D eigenvalue weighted by Crippen LogP contribution is -2.41. The van der Waals surface area contributed by atoms with Gasteiger partial charge in [-0.25, -0.2) is 8.78 Å². The summed E-state index contributed by atoms with van der Waals surface area (Å²) in [5.41, 5.74) is 0. The molecule has 0 amide bonds. The second kappa shape index (κ2) is 4.53. The normalized spacial score (nSPS) is 25.3. The molecule has 1 fully saturated rings. The largest absolute Gasteiger partial charge is 0.296 e. The number of rotatable bonds is 2. The van der Waals surface area contributed by atoms with Crippen LogP contribution in [0, 0.1) is 0 Å². The van der Waals surface area contributed by atoms with Crippen molar-refractivity contribution in [1.82, 2.24) is 9.80 Å². The van der Waals surface area contributed by atoms with Crippen molar-refractivity contribution in [2.24, 2.45) is 0 Å². The van der Waals surface area contributed by atoms with Crippen molar-refractivity contribution in [3.63, 3.8) is 0 Å². The average molecular weight is 206 g/mol. The quantitative estimate of drug-likeness (QED) is 0.678. The fraction of sp³-hybridized carbons (Fsp3) is 1.00. The maximum Gasteiger partial charge on any atom is 0.272 e. The van der Waals surface area contributed by atoms with Crippen molar-refractivity contribution in [2.45, 2.75) is 32.7 Å². The summed E-state index contributed by atoms with van der Waals surface area (Å²) in [5.74, 6) is -2.56. The monoisotopic (exact) mass is 206 g/mol. The number of hydrogen-bond acceptors (Lipinski definition) is 2. The molecule has 1 saturated heterocycles. The van der Waals surface area contributed by atoms with Crippen molar-refractivity contribution < 1.29 is 8.78 Å². The Morgan fingerprint density at radius 2 is 1.86 bits per heavy atom. The second-order valence-electron chi connectivity index (χ2n) is 4.29. The van der Waals surface area contributed by atoms with Crippen molar-refractivity contribution in [3.05, 3.63) is 0 Å². The molecule has 0 unspecified atom stereocenters. The highest BCUT2D eigenvalue weighted by Crippen LogP contribution is 2.21. The molecule has 0 bridgehead atoms. The zero-order valence-electron chi connectivity index (χ0n) is 9.26. The minimum absolute atomic E-state index is 0.0906. The molecule has 0 aliphatic carbocycles. The van der Waals surface area contributed by atoms with E-state index in [0.717, 1.165) is 13.1 Å². The van der Waals surface area contributed by atoms with Crippen LogP contribution in [0.2, 0.25) is 0 Å². The molecule has 0 atom stereocenters. The first-order valence-corrected chi connectivity index (χ1v) is 5.29. The van der Waals surface area contributed by atoms with Gasteiger partial charge in [0, 0.05) is 19.1 Å². The first kappa shape index (κ1) is 11.9. The standard InChI is InChI=1S/C10H20F2N2/c1-4-13-5-6-14(9(2)3)8-10(11,12)7-13/h9H,4-8H2,1-3H3. The summed E-state index contributed by atoms with van der Waals surface area (Å²) < 4.78 is 26.9. The lowest BCUT2D eigenvalue weighted by atomic mass is 10.2. The van der Waals surface area contributed by atoms with Gasteiger partial charge in [-0.05, 0) is 20.4 Å². The van der Waals surface area contributed by atoms with E-state index in [-0.39, 0.29) is 19.1 Å². The van der Waals surface area contributed by atoms with Gasteiger partial charge in [0.05, 0.1) is 13.1 Å². The molecule has 1 rings (SSSR count). The van der Waals surface area contributed by atoms with E-state index in [1.165, 1.54) is 0 Å². The fourth-order valence-electron chi connectivity index (χ4n) is 1.81. The molecule has 1 aliphatic rings. The second-order valence-corrected chi connectivity index (χ2v) is 4.29. The SMILES string of the molecule is CCN1CCN(C(C)C)CC(F)(F)C1. The fourth-order valence-corrected chi connectivity index (χ4v) is 1.81. The van der Waals surface area contributed by atoms with Crippen molar-refractivity contribution >= 4 is 0 Å². The highest BCUT2D eigenvalue weighted by atomic mass is 19.3. The summed E-state index contributed by atoms with van der Waals surface area (Å²) in [6, 6.07) is 0.206. The van der Waals surface area contributed by atoms with Gasteiger partial charge in [0.25, 0.3) is 5.92 Å². The maximum atomic E-state index is 13.4. The Balaban J connectivity index is 2.63. The van der Waals surface area contributed by atoms with Gasteiger partial charge in [0.1, 0.15) is 0 Å². The molecular formula is C10H20F2N2. The number of nitrogens with zero attached hydrogens (tertiary/aromatic N) is 2. The molecule has 0 aromatic rings. The van der Waals surface area contributed by atoms with Gasteiger partial charge in [0.2, 0.25) is 0 Å². The smallest absolute Gasteiger partial charge is 0.272 e. The van der Waals surface area contributed by atoms with E-state index in [2.05, 4.69) is 0 Å². The first-order valence-electron chi connectivity index (χ1n) is 5.29. The molecule has 0 N–H and O–H groups in total. The van der Waals surface area contributed by atoms with Crippen LogP contribution in [0.5, 0.6) is 0 Å². The summed E-state index contributed by atoms with van der Waals surface area (Å²) in [4.78, 5) is 3.68. The zero-order chi connectivity index (χ0) is 10.8. The van der Waals surface area contributed by atoms with Crippen molar-refractivity contribution in [3.8, 4) is 0 Å². The summed E-state index contributed by atoms with van der Waals surface area (Å²) >= 11 is 0. The predicted molar refractivity (Wildman–Crippen MR) is 53.8 cm³/mol. The van der Waals surface area contributed by atoms with Crippen LogP contribution in [-0.2, 0) is 0 Å². The molecule has 4 heteroatoms. The number of alkyl halides is 2. The van der Waals surface area contributed by atoms with E-state index in [1.807, 2.05) is 30.6 Å². The van der Waals surface area contributed by atoms with E-state index in [1.54, 1.807) is 0 Å². The predicted octanol–water partition coefficient (Wildman–Crippen LogP) is 1.67. The summed E-state index contributed by atoms with van der Waals surface area (Å²) in [6.45, 7) is 7.90. The van der Waals surface area contributed by atoms with Crippen LogP contribution < -0.4 is 0 Å². The number of halogens is 2. The number of hydrogen-bond donors (Lipinski definition) is 0. The molecular weight excluding hydrogens is 186 g/mol. The Hall–Kier alpha value is -0.220. The minimum Gasteiger partial charge on any atom is -0.296 e. The van der Waals surface area contributed by atoms with Gasteiger partial charge >= 0.3 is 0 Å². The van der Waals surface area contributed by atoms with Crippen LogP contribution in [-0.4, -0.2) is 54.5 Å². The Morgan fingerprint density at radius 1 is 1.21 bits per heavy atom. The Bertz CT molecular complexity index is 183. The molecule has 0 radical (unpaired) electrons. The van der Waals surface area contributed by atoms with E-state index in [4.69, 9.17) is 0 Å². The first-order chi connectivity index (χ1) is 6.44. The van der Waals surface area contributed by atoms with Gasteiger partial charge in [-0.3, -0.25) is 9.80 Å². The third-order valence-electron chi connectivity index (χ3n) is 2.77. The highest BCUT2D eigenvalue weighted by molar-refractivity contribution is 4.82. The highest BCUT2D eigenvalue weighted by Gasteiger charge is 2.36. The van der Waals surface area contributed by atoms with Crippen LogP contribution in [0.15, 0.2) is 0 Å². The van der Waals surface area contributed by atoms with Crippen LogP contribution in [0.25, 0.3) is 0 Å². The molecule has 0 aromatic heterocycles. The molecule has 1 heterocycles. The molecule has 1 aliphatic heterocycles. The van der Waals surface area contributed by atoms with E-state index in [0.29, 0.717) is 6.54 Å². The summed E-state index contributed by atoms with van der Waals surface area (Å²) in [7, 11) is 0. The van der Waals surface area contributed by atoms with Gasteiger partial charge in [-0.15, -0.1) is 0 Å². The molecule has 84 valence electrons. The molecule has 0 spiro atoms. The van der Waals surface area contributed by atoms with Crippen molar-refractivity contribution in [1.29, 1.82) is 0 Å². The Kier molecular flexibility index (Phi) is 3.84. The topological polar surface area (TPSA) is 6.48 Å². The van der Waals surface area contributed by atoms with Gasteiger partial charge in [-0.2, -0.15) is 0 Å². The summed E-state index contributed by atoms with van der Waals surface area (Å²) in [5, 5.41) is 0.